The molecule has 0 aromatic heterocycles. The van der Waals surface area contributed by atoms with Gasteiger partial charge in [-0.05, 0) is 40.5 Å². The van der Waals surface area contributed by atoms with Crippen LogP contribution in [0.5, 0.6) is 0 Å². The van der Waals surface area contributed by atoms with Crippen LogP contribution in [0.2, 0.25) is 0 Å². The van der Waals surface area contributed by atoms with E-state index < -0.39 is 0 Å². The quantitative estimate of drug-likeness (QED) is 0.545. The number of hydrogen-bond acceptors (Lipinski definition) is 1. The first-order chi connectivity index (χ1) is 7.65. The van der Waals surface area contributed by atoms with E-state index in [1.807, 2.05) is 0 Å². The molecule has 1 aromatic rings. The van der Waals surface area contributed by atoms with Gasteiger partial charge in [0.05, 0.1) is 0 Å². The fourth-order valence-electron chi connectivity index (χ4n) is 1.56. The Morgan fingerprint density at radius 2 is 2.06 bits per heavy atom. The summed E-state index contributed by atoms with van der Waals surface area (Å²) in [5.74, 6) is -0.239. The molecule has 0 aliphatic carbocycles. The number of unbranched alkanes of at least 4 members (excludes halogenated alkanes) is 3. The molecular weight excluding hydrogens is 271 g/mol. The van der Waals surface area contributed by atoms with Crippen molar-refractivity contribution in [1.82, 2.24) is 0 Å². The van der Waals surface area contributed by atoms with Crippen LogP contribution in [0.4, 0.5) is 4.39 Å². The van der Waals surface area contributed by atoms with Crippen molar-refractivity contribution in [2.45, 2.75) is 39.0 Å². The van der Waals surface area contributed by atoms with E-state index in [0.29, 0.717) is 16.5 Å². The number of Topliss-reactive ketones (excluding diaryl/α,β-unsaturated/α-hetero) is 1. The van der Waals surface area contributed by atoms with Crippen LogP contribution in [-0.4, -0.2) is 5.78 Å². The highest BCUT2D eigenvalue weighted by molar-refractivity contribution is 9.10. The van der Waals surface area contributed by atoms with Crippen LogP contribution >= 0.6 is 15.9 Å². The van der Waals surface area contributed by atoms with Gasteiger partial charge in [0.15, 0.2) is 5.78 Å². The van der Waals surface area contributed by atoms with Crippen molar-refractivity contribution >= 4 is 21.7 Å². The van der Waals surface area contributed by atoms with Crippen molar-refractivity contribution in [3.05, 3.63) is 34.1 Å². The first-order valence-electron chi connectivity index (χ1n) is 5.63. The van der Waals surface area contributed by atoms with Gasteiger partial charge in [0.25, 0.3) is 0 Å². The maximum absolute atomic E-state index is 12.8. The van der Waals surface area contributed by atoms with E-state index in [9.17, 15) is 9.18 Å². The minimum absolute atomic E-state index is 0.0861. The van der Waals surface area contributed by atoms with Gasteiger partial charge in [-0.1, -0.05) is 26.2 Å². The lowest BCUT2D eigenvalue weighted by Crippen LogP contribution is -2.00. The van der Waals surface area contributed by atoms with Crippen molar-refractivity contribution < 1.29 is 9.18 Å². The number of benzene rings is 1. The molecule has 0 spiro atoms. The lowest BCUT2D eigenvalue weighted by molar-refractivity contribution is 0.0978. The Morgan fingerprint density at radius 3 is 2.69 bits per heavy atom. The molecule has 0 atom stereocenters. The van der Waals surface area contributed by atoms with Crippen molar-refractivity contribution in [1.29, 1.82) is 0 Å². The van der Waals surface area contributed by atoms with Gasteiger partial charge in [0, 0.05) is 16.5 Å². The fraction of sp³-hybridized carbons (Fsp3) is 0.462. The number of hydrogen-bond donors (Lipinski definition) is 0. The summed E-state index contributed by atoms with van der Waals surface area (Å²) >= 11 is 3.21. The predicted molar refractivity (Wildman–Crippen MR) is 67.2 cm³/mol. The van der Waals surface area contributed by atoms with Gasteiger partial charge in [-0.2, -0.15) is 0 Å². The Morgan fingerprint density at radius 1 is 1.31 bits per heavy atom. The molecule has 0 bridgehead atoms. The largest absolute Gasteiger partial charge is 0.294 e. The number of halogens is 2. The molecular formula is C13H16BrFO. The second-order valence-corrected chi connectivity index (χ2v) is 4.71. The Kier molecular flexibility index (Phi) is 5.67. The Labute approximate surface area is 104 Å². The van der Waals surface area contributed by atoms with Crippen LogP contribution in [0.25, 0.3) is 0 Å². The molecule has 0 saturated carbocycles. The average Bonchev–Trinajstić information content (AvgIpc) is 2.24. The molecule has 0 radical (unpaired) electrons. The molecule has 1 rings (SSSR count). The van der Waals surface area contributed by atoms with Gasteiger partial charge in [-0.3, -0.25) is 4.79 Å². The zero-order chi connectivity index (χ0) is 12.0. The molecule has 0 N–H and O–H groups in total. The summed E-state index contributed by atoms with van der Waals surface area (Å²) in [7, 11) is 0. The molecule has 0 fully saturated rings. The standard InChI is InChI=1S/C13H16BrFO/c1-2-3-4-5-6-13(16)11-8-7-10(15)9-12(11)14/h7-9H,2-6H2,1H3. The summed E-state index contributed by atoms with van der Waals surface area (Å²) < 4.78 is 13.4. The van der Waals surface area contributed by atoms with Gasteiger partial charge < -0.3 is 0 Å². The van der Waals surface area contributed by atoms with E-state index in [1.54, 1.807) is 6.07 Å². The number of ketones is 1. The molecule has 1 aromatic carbocycles. The van der Waals surface area contributed by atoms with E-state index >= 15 is 0 Å². The second-order valence-electron chi connectivity index (χ2n) is 3.86. The molecule has 0 aliphatic heterocycles. The highest BCUT2D eigenvalue weighted by atomic mass is 79.9. The molecule has 3 heteroatoms. The van der Waals surface area contributed by atoms with Crippen LogP contribution in [0.3, 0.4) is 0 Å². The van der Waals surface area contributed by atoms with E-state index in [4.69, 9.17) is 0 Å². The molecule has 0 unspecified atom stereocenters. The fourth-order valence-corrected chi connectivity index (χ4v) is 2.13. The van der Waals surface area contributed by atoms with Crippen molar-refractivity contribution in [3.8, 4) is 0 Å². The van der Waals surface area contributed by atoms with Gasteiger partial charge in [-0.15, -0.1) is 0 Å². The van der Waals surface area contributed by atoms with Gasteiger partial charge in [-0.25, -0.2) is 4.39 Å². The zero-order valence-corrected chi connectivity index (χ0v) is 11.0. The minimum Gasteiger partial charge on any atom is -0.294 e. The lowest BCUT2D eigenvalue weighted by Gasteiger charge is -2.03. The van der Waals surface area contributed by atoms with Crippen LogP contribution in [0.1, 0.15) is 49.4 Å². The highest BCUT2D eigenvalue weighted by Gasteiger charge is 2.10. The van der Waals surface area contributed by atoms with Gasteiger partial charge in [0.1, 0.15) is 5.82 Å². The molecule has 0 aliphatic rings. The maximum Gasteiger partial charge on any atom is 0.164 e. The third kappa shape index (κ3) is 4.05. The van der Waals surface area contributed by atoms with Crippen molar-refractivity contribution in [3.63, 3.8) is 0 Å². The number of carbonyl (C=O) groups is 1. The van der Waals surface area contributed by atoms with Crippen LogP contribution < -0.4 is 0 Å². The van der Waals surface area contributed by atoms with E-state index in [0.717, 1.165) is 25.7 Å². The molecule has 0 heterocycles. The Hall–Kier alpha value is -0.700. The topological polar surface area (TPSA) is 17.1 Å². The SMILES string of the molecule is CCCCCCC(=O)c1ccc(F)cc1Br. The average molecular weight is 287 g/mol. The zero-order valence-electron chi connectivity index (χ0n) is 9.43. The van der Waals surface area contributed by atoms with Gasteiger partial charge >= 0.3 is 0 Å². The highest BCUT2D eigenvalue weighted by Crippen LogP contribution is 2.20. The first kappa shape index (κ1) is 13.4. The Balaban J connectivity index is 2.53. The maximum atomic E-state index is 12.8. The lowest BCUT2D eigenvalue weighted by atomic mass is 10.0. The third-order valence-electron chi connectivity index (χ3n) is 2.49. The minimum atomic E-state index is -0.325. The summed E-state index contributed by atoms with van der Waals surface area (Å²) in [5, 5.41) is 0. The summed E-state index contributed by atoms with van der Waals surface area (Å²) in [6.07, 6.45) is 4.87. The number of carbonyl (C=O) groups excluding carboxylic acids is 1. The predicted octanol–water partition coefficient (Wildman–Crippen LogP) is 4.74. The van der Waals surface area contributed by atoms with Crippen LogP contribution in [-0.2, 0) is 0 Å². The molecule has 1 nitrogen and oxygen atoms in total. The third-order valence-corrected chi connectivity index (χ3v) is 3.15. The molecule has 16 heavy (non-hydrogen) atoms. The number of rotatable bonds is 6. The van der Waals surface area contributed by atoms with Crippen molar-refractivity contribution in [2.24, 2.45) is 0 Å². The van der Waals surface area contributed by atoms with E-state index in [-0.39, 0.29) is 11.6 Å². The molecule has 0 amide bonds. The van der Waals surface area contributed by atoms with Gasteiger partial charge in [0.2, 0.25) is 0 Å². The van der Waals surface area contributed by atoms with Crippen molar-refractivity contribution in [2.75, 3.05) is 0 Å². The summed E-state index contributed by atoms with van der Waals surface area (Å²) in [5.41, 5.74) is 0.581. The Bertz CT molecular complexity index is 363. The second kappa shape index (κ2) is 6.79. The normalized spacial score (nSPS) is 10.4. The first-order valence-corrected chi connectivity index (χ1v) is 6.42. The summed E-state index contributed by atoms with van der Waals surface area (Å²) in [6, 6.07) is 4.20. The molecule has 88 valence electrons. The monoisotopic (exact) mass is 286 g/mol. The summed E-state index contributed by atoms with van der Waals surface area (Å²) in [4.78, 5) is 11.8. The summed E-state index contributed by atoms with van der Waals surface area (Å²) in [6.45, 7) is 2.14. The van der Waals surface area contributed by atoms with E-state index in [1.165, 1.54) is 12.1 Å². The van der Waals surface area contributed by atoms with Crippen LogP contribution in [0, 0.1) is 5.82 Å². The van der Waals surface area contributed by atoms with Crippen LogP contribution in [0.15, 0.2) is 22.7 Å². The smallest absolute Gasteiger partial charge is 0.164 e. The van der Waals surface area contributed by atoms with E-state index in [2.05, 4.69) is 22.9 Å². The molecule has 0 saturated heterocycles.